The monoisotopic (exact) mass is 275 g/mol. The molecule has 0 fully saturated rings. The van der Waals surface area contributed by atoms with E-state index < -0.39 is 0 Å². The Morgan fingerprint density at radius 2 is 2.06 bits per heavy atom. The summed E-state index contributed by atoms with van der Waals surface area (Å²) >= 11 is 12.0. The van der Waals surface area contributed by atoms with E-state index in [1.807, 2.05) is 12.1 Å². The van der Waals surface area contributed by atoms with Crippen molar-refractivity contribution in [3.63, 3.8) is 0 Å². The van der Waals surface area contributed by atoms with Gasteiger partial charge in [0, 0.05) is 23.2 Å². The molecule has 1 rings (SSSR count). The van der Waals surface area contributed by atoms with Crippen LogP contribution in [0.1, 0.15) is 25.3 Å². The van der Waals surface area contributed by atoms with Crippen LogP contribution < -0.4 is 5.73 Å². The Balaban J connectivity index is 2.69. The fraction of sp³-hybridized carbons (Fsp3) is 0.538. The Morgan fingerprint density at radius 3 is 2.59 bits per heavy atom. The third-order valence-corrected chi connectivity index (χ3v) is 3.41. The number of ether oxygens (including phenoxy) is 1. The van der Waals surface area contributed by atoms with E-state index in [1.165, 1.54) is 0 Å². The van der Waals surface area contributed by atoms with E-state index in [0.29, 0.717) is 16.5 Å². The van der Waals surface area contributed by atoms with Gasteiger partial charge in [0.15, 0.2) is 0 Å². The van der Waals surface area contributed by atoms with E-state index in [2.05, 4.69) is 6.92 Å². The lowest BCUT2D eigenvalue weighted by atomic mass is 9.99. The maximum absolute atomic E-state index is 6.14. The first kappa shape index (κ1) is 14.8. The van der Waals surface area contributed by atoms with Gasteiger partial charge < -0.3 is 10.5 Å². The van der Waals surface area contributed by atoms with Crippen LogP contribution in [-0.2, 0) is 11.2 Å². The van der Waals surface area contributed by atoms with Crippen molar-refractivity contribution in [2.75, 3.05) is 7.11 Å². The standard InChI is InChI=1S/C13H19Cl2NO/c1-3-4-13(17-2)12(16)7-9-5-6-10(14)8-11(9)15/h5-6,8,12-13H,3-4,7,16H2,1-2H3. The molecular formula is C13H19Cl2NO. The van der Waals surface area contributed by atoms with Crippen LogP contribution in [0.5, 0.6) is 0 Å². The number of benzene rings is 1. The van der Waals surface area contributed by atoms with Gasteiger partial charge in [-0.1, -0.05) is 42.6 Å². The first-order valence-electron chi connectivity index (χ1n) is 5.80. The zero-order valence-corrected chi connectivity index (χ0v) is 11.8. The summed E-state index contributed by atoms with van der Waals surface area (Å²) in [4.78, 5) is 0. The fourth-order valence-electron chi connectivity index (χ4n) is 1.86. The van der Waals surface area contributed by atoms with Gasteiger partial charge in [0.05, 0.1) is 6.10 Å². The molecule has 0 radical (unpaired) electrons. The summed E-state index contributed by atoms with van der Waals surface area (Å²) < 4.78 is 5.39. The van der Waals surface area contributed by atoms with Crippen molar-refractivity contribution in [3.8, 4) is 0 Å². The fourth-order valence-corrected chi connectivity index (χ4v) is 2.35. The number of halogens is 2. The van der Waals surface area contributed by atoms with Gasteiger partial charge in [0.2, 0.25) is 0 Å². The predicted octanol–water partition coefficient (Wildman–Crippen LogP) is 3.68. The summed E-state index contributed by atoms with van der Waals surface area (Å²) in [5, 5.41) is 1.31. The molecule has 17 heavy (non-hydrogen) atoms. The van der Waals surface area contributed by atoms with Gasteiger partial charge in [-0.05, 0) is 30.5 Å². The highest BCUT2D eigenvalue weighted by atomic mass is 35.5. The molecule has 1 aromatic carbocycles. The third-order valence-electron chi connectivity index (χ3n) is 2.82. The molecule has 0 amide bonds. The van der Waals surface area contributed by atoms with Gasteiger partial charge in [-0.15, -0.1) is 0 Å². The first-order valence-corrected chi connectivity index (χ1v) is 6.56. The van der Waals surface area contributed by atoms with E-state index in [1.54, 1.807) is 13.2 Å². The molecule has 4 heteroatoms. The lowest BCUT2D eigenvalue weighted by Crippen LogP contribution is -2.38. The van der Waals surface area contributed by atoms with E-state index in [-0.39, 0.29) is 12.1 Å². The largest absolute Gasteiger partial charge is 0.380 e. The normalized spacial score (nSPS) is 14.6. The smallest absolute Gasteiger partial charge is 0.0725 e. The van der Waals surface area contributed by atoms with Gasteiger partial charge in [-0.3, -0.25) is 0 Å². The lowest BCUT2D eigenvalue weighted by molar-refractivity contribution is 0.0727. The summed E-state index contributed by atoms with van der Waals surface area (Å²) in [6, 6.07) is 5.45. The molecule has 0 spiro atoms. The third kappa shape index (κ3) is 4.47. The topological polar surface area (TPSA) is 35.2 Å². The molecule has 1 aromatic rings. The van der Waals surface area contributed by atoms with E-state index in [9.17, 15) is 0 Å². The van der Waals surface area contributed by atoms with Crippen molar-refractivity contribution in [2.24, 2.45) is 5.73 Å². The molecule has 0 aliphatic heterocycles. The van der Waals surface area contributed by atoms with Crippen molar-refractivity contribution in [2.45, 2.75) is 38.3 Å². The van der Waals surface area contributed by atoms with Crippen LogP contribution in [0.4, 0.5) is 0 Å². The zero-order valence-electron chi connectivity index (χ0n) is 10.2. The Labute approximate surface area is 113 Å². The molecule has 0 saturated carbocycles. The van der Waals surface area contributed by atoms with Crippen molar-refractivity contribution in [1.82, 2.24) is 0 Å². The second-order valence-corrected chi connectivity index (χ2v) is 5.01. The molecule has 0 bridgehead atoms. The number of rotatable bonds is 6. The zero-order chi connectivity index (χ0) is 12.8. The highest BCUT2D eigenvalue weighted by Gasteiger charge is 2.17. The van der Waals surface area contributed by atoms with Crippen LogP contribution in [0.25, 0.3) is 0 Å². The number of hydrogen-bond acceptors (Lipinski definition) is 2. The molecule has 2 nitrogen and oxygen atoms in total. The Hall–Kier alpha value is -0.280. The average Bonchev–Trinajstić information content (AvgIpc) is 2.29. The minimum absolute atomic E-state index is 0.0429. The van der Waals surface area contributed by atoms with Crippen LogP contribution in [0.2, 0.25) is 10.0 Å². The van der Waals surface area contributed by atoms with Crippen LogP contribution in [0, 0.1) is 0 Å². The van der Waals surface area contributed by atoms with E-state index in [4.69, 9.17) is 33.7 Å². The van der Waals surface area contributed by atoms with Gasteiger partial charge in [0.25, 0.3) is 0 Å². The first-order chi connectivity index (χ1) is 8.08. The molecule has 0 saturated heterocycles. The molecule has 2 unspecified atom stereocenters. The second-order valence-electron chi connectivity index (χ2n) is 4.17. The molecule has 2 atom stereocenters. The van der Waals surface area contributed by atoms with Crippen LogP contribution in [-0.4, -0.2) is 19.3 Å². The Bertz CT molecular complexity index is 357. The lowest BCUT2D eigenvalue weighted by Gasteiger charge is -2.22. The summed E-state index contributed by atoms with van der Waals surface area (Å²) in [6.45, 7) is 2.12. The quantitative estimate of drug-likeness (QED) is 0.860. The molecule has 0 aliphatic carbocycles. The molecule has 0 heterocycles. The van der Waals surface area contributed by atoms with Crippen molar-refractivity contribution < 1.29 is 4.74 Å². The second kappa shape index (κ2) is 7.22. The van der Waals surface area contributed by atoms with Crippen molar-refractivity contribution in [3.05, 3.63) is 33.8 Å². The number of hydrogen-bond donors (Lipinski definition) is 1. The van der Waals surface area contributed by atoms with Crippen LogP contribution >= 0.6 is 23.2 Å². The summed E-state index contributed by atoms with van der Waals surface area (Å²) in [7, 11) is 1.70. The molecule has 0 aliphatic rings. The van der Waals surface area contributed by atoms with Crippen LogP contribution in [0.15, 0.2) is 18.2 Å². The van der Waals surface area contributed by atoms with Crippen molar-refractivity contribution >= 4 is 23.2 Å². The predicted molar refractivity (Wildman–Crippen MR) is 73.8 cm³/mol. The van der Waals surface area contributed by atoms with Gasteiger partial charge in [-0.25, -0.2) is 0 Å². The SMILES string of the molecule is CCCC(OC)C(N)Cc1ccc(Cl)cc1Cl. The minimum atomic E-state index is -0.0429. The maximum atomic E-state index is 6.14. The Kier molecular flexibility index (Phi) is 6.28. The molecule has 2 N–H and O–H groups in total. The van der Waals surface area contributed by atoms with E-state index >= 15 is 0 Å². The van der Waals surface area contributed by atoms with Gasteiger partial charge >= 0.3 is 0 Å². The highest BCUT2D eigenvalue weighted by Crippen LogP contribution is 2.23. The van der Waals surface area contributed by atoms with Gasteiger partial charge in [0.1, 0.15) is 0 Å². The van der Waals surface area contributed by atoms with Crippen molar-refractivity contribution in [1.29, 1.82) is 0 Å². The number of methoxy groups -OCH3 is 1. The summed E-state index contributed by atoms with van der Waals surface area (Å²) in [5.41, 5.74) is 7.15. The highest BCUT2D eigenvalue weighted by molar-refractivity contribution is 6.35. The summed E-state index contributed by atoms with van der Waals surface area (Å²) in [6.07, 6.45) is 2.80. The maximum Gasteiger partial charge on any atom is 0.0725 e. The van der Waals surface area contributed by atoms with E-state index in [0.717, 1.165) is 18.4 Å². The molecular weight excluding hydrogens is 257 g/mol. The van der Waals surface area contributed by atoms with Gasteiger partial charge in [-0.2, -0.15) is 0 Å². The number of nitrogens with two attached hydrogens (primary N) is 1. The average molecular weight is 276 g/mol. The summed E-state index contributed by atoms with van der Waals surface area (Å²) in [5.74, 6) is 0. The molecule has 0 aromatic heterocycles. The minimum Gasteiger partial charge on any atom is -0.380 e. The Morgan fingerprint density at radius 1 is 1.35 bits per heavy atom. The van der Waals surface area contributed by atoms with Crippen LogP contribution in [0.3, 0.4) is 0 Å². The molecule has 96 valence electrons.